The Morgan fingerprint density at radius 1 is 0.631 bits per heavy atom. The van der Waals surface area contributed by atoms with Crippen molar-refractivity contribution in [3.8, 4) is 0 Å². The molecule has 0 bridgehead atoms. The van der Waals surface area contributed by atoms with Crippen LogP contribution in [-0.4, -0.2) is 112 Å². The Morgan fingerprint density at radius 3 is 1.62 bits per heavy atom. The minimum Gasteiger partial charge on any atom is -0.480 e. The van der Waals surface area contributed by atoms with Gasteiger partial charge in [-0.1, -0.05) is 127 Å². The summed E-state index contributed by atoms with van der Waals surface area (Å²) >= 11 is 0. The number of nitrogens with zero attached hydrogens (tertiary/aromatic N) is 1. The van der Waals surface area contributed by atoms with E-state index in [9.17, 15) is 48.9 Å². The maximum Gasteiger partial charge on any atom is 0.326 e. The number of aliphatic carboxylic acids is 1. The number of carbonyl (C=O) groups excluding carboxylic acids is 6. The van der Waals surface area contributed by atoms with Crippen molar-refractivity contribution in [2.24, 2.45) is 11.7 Å². The standard InChI is InChI=1S/C48H75N7O10/c1-5-32(2)42(46(62)53-39(31-56)44(50)60)54-47(63)43(33(3)57)55(4)41(59)24-20-15-13-11-9-7-6-8-10-12-14-19-23-40(58)51-37(29-35-25-27-36(49)28-26-35)45(61)52-38(48(64)65)30-34-21-17-16-18-22-34/h16-18,21-22,25-28,32-33,37-39,42-43,56-57H,5-15,19-20,23-24,29-31,49H2,1-4H3,(H2,50,60)(H,51,58)(H,52,61)(H,53,62)(H,54,63)(H,64,65)/t32?,33?,37?,38-,39?,42+,43-/m0/s1. The van der Waals surface area contributed by atoms with Crippen LogP contribution in [0.2, 0.25) is 0 Å². The summed E-state index contributed by atoms with van der Waals surface area (Å²) in [5.41, 5.74) is 13.2. The number of likely N-dealkylation sites (N-methyl/N-ethyl adjacent to an activating group) is 1. The Kier molecular flexibility index (Phi) is 26.1. The molecule has 7 atom stereocenters. The van der Waals surface area contributed by atoms with Crippen molar-refractivity contribution in [1.82, 2.24) is 26.2 Å². The van der Waals surface area contributed by atoms with Crippen molar-refractivity contribution in [3.05, 3.63) is 65.7 Å². The molecule has 65 heavy (non-hydrogen) atoms. The van der Waals surface area contributed by atoms with Gasteiger partial charge in [0.25, 0.3) is 0 Å². The van der Waals surface area contributed by atoms with Crippen LogP contribution in [0.1, 0.15) is 128 Å². The molecule has 362 valence electrons. The molecule has 6 amide bonds. The number of carboxylic acid groups (broad SMARTS) is 1. The number of amides is 6. The largest absolute Gasteiger partial charge is 0.480 e. The summed E-state index contributed by atoms with van der Waals surface area (Å²) in [5, 5.41) is 40.1. The second kappa shape index (κ2) is 30.6. The number of hydrogen-bond acceptors (Lipinski definition) is 10. The predicted octanol–water partition coefficient (Wildman–Crippen LogP) is 3.27. The van der Waals surface area contributed by atoms with Gasteiger partial charge in [0.05, 0.1) is 12.7 Å². The van der Waals surface area contributed by atoms with E-state index in [4.69, 9.17) is 11.5 Å². The van der Waals surface area contributed by atoms with Gasteiger partial charge in [0, 0.05) is 38.4 Å². The van der Waals surface area contributed by atoms with Crippen molar-refractivity contribution >= 4 is 47.1 Å². The molecule has 0 fully saturated rings. The lowest BCUT2D eigenvalue weighted by atomic mass is 9.97. The van der Waals surface area contributed by atoms with E-state index in [1.165, 1.54) is 18.9 Å². The van der Waals surface area contributed by atoms with Crippen LogP contribution in [0.25, 0.3) is 0 Å². The number of primary amides is 1. The molecule has 0 aliphatic carbocycles. The Hall–Kier alpha value is -5.55. The molecule has 11 N–H and O–H groups in total. The number of unbranched alkanes of at least 4 members (excludes halogenated alkanes) is 11. The number of nitrogens with two attached hydrogens (primary N) is 2. The molecule has 0 aliphatic heterocycles. The third-order valence-corrected chi connectivity index (χ3v) is 11.7. The number of carbonyl (C=O) groups is 7. The molecule has 17 nitrogen and oxygen atoms in total. The number of aliphatic hydroxyl groups excluding tert-OH is 2. The maximum atomic E-state index is 13.4. The number of aliphatic hydroxyl groups is 2. The summed E-state index contributed by atoms with van der Waals surface area (Å²) in [6, 6.07) is 10.2. The molecule has 2 rings (SSSR count). The van der Waals surface area contributed by atoms with Crippen molar-refractivity contribution in [2.75, 3.05) is 19.4 Å². The van der Waals surface area contributed by atoms with Gasteiger partial charge in [-0.05, 0) is 48.9 Å². The topological polar surface area (TPSA) is 284 Å². The number of rotatable bonds is 33. The maximum absolute atomic E-state index is 13.4. The van der Waals surface area contributed by atoms with Crippen LogP contribution in [-0.2, 0) is 46.4 Å². The normalized spacial score (nSPS) is 14.4. The lowest BCUT2D eigenvalue weighted by Gasteiger charge is -2.32. The quantitative estimate of drug-likeness (QED) is 0.0370. The number of carboxylic acids is 1. The fourth-order valence-electron chi connectivity index (χ4n) is 7.48. The van der Waals surface area contributed by atoms with Crippen molar-refractivity contribution in [3.63, 3.8) is 0 Å². The molecule has 0 radical (unpaired) electrons. The molecule has 4 unspecified atom stereocenters. The van der Waals surface area contributed by atoms with Crippen molar-refractivity contribution in [1.29, 1.82) is 0 Å². The summed E-state index contributed by atoms with van der Waals surface area (Å²) in [5.74, 6) is -5.03. The molecule has 0 heterocycles. The van der Waals surface area contributed by atoms with Crippen LogP contribution in [0.4, 0.5) is 5.69 Å². The summed E-state index contributed by atoms with van der Waals surface area (Å²) in [6.07, 6.45) is 11.4. The van der Waals surface area contributed by atoms with E-state index >= 15 is 0 Å². The van der Waals surface area contributed by atoms with E-state index in [-0.39, 0.29) is 43.4 Å². The zero-order valence-electron chi connectivity index (χ0n) is 38.8. The van der Waals surface area contributed by atoms with Crippen molar-refractivity contribution in [2.45, 2.75) is 166 Å². The first-order chi connectivity index (χ1) is 31.0. The van der Waals surface area contributed by atoms with Gasteiger partial charge in [0.15, 0.2) is 0 Å². The molecule has 0 saturated heterocycles. The van der Waals surface area contributed by atoms with Gasteiger partial charge in [-0.25, -0.2) is 4.79 Å². The smallest absolute Gasteiger partial charge is 0.326 e. The highest BCUT2D eigenvalue weighted by molar-refractivity contribution is 5.94. The zero-order chi connectivity index (χ0) is 48.3. The average molecular weight is 910 g/mol. The summed E-state index contributed by atoms with van der Waals surface area (Å²) in [4.78, 5) is 90.5. The highest BCUT2D eigenvalue weighted by Crippen LogP contribution is 2.16. The third-order valence-electron chi connectivity index (χ3n) is 11.7. The Labute approximate surface area is 384 Å². The first-order valence-corrected chi connectivity index (χ1v) is 23.1. The average Bonchev–Trinajstić information content (AvgIpc) is 3.27. The van der Waals surface area contributed by atoms with Gasteiger partial charge in [-0.15, -0.1) is 0 Å². The van der Waals surface area contributed by atoms with E-state index in [0.29, 0.717) is 24.9 Å². The van der Waals surface area contributed by atoms with E-state index in [2.05, 4.69) is 21.3 Å². The fourth-order valence-corrected chi connectivity index (χ4v) is 7.48. The van der Waals surface area contributed by atoms with Crippen LogP contribution < -0.4 is 32.7 Å². The fraction of sp³-hybridized carbons (Fsp3) is 0.604. The lowest BCUT2D eigenvalue weighted by molar-refractivity contribution is -0.144. The molecule has 2 aromatic rings. The van der Waals surface area contributed by atoms with Crippen LogP contribution in [0.3, 0.4) is 0 Å². The van der Waals surface area contributed by atoms with Gasteiger partial charge in [-0.3, -0.25) is 28.8 Å². The third kappa shape index (κ3) is 21.3. The second-order valence-corrected chi connectivity index (χ2v) is 17.1. The van der Waals surface area contributed by atoms with Gasteiger partial charge < -0.3 is 53.0 Å². The highest BCUT2D eigenvalue weighted by atomic mass is 16.4. The number of nitrogen functional groups attached to an aromatic ring is 1. The van der Waals surface area contributed by atoms with Crippen LogP contribution in [0, 0.1) is 5.92 Å². The van der Waals surface area contributed by atoms with Gasteiger partial charge in [0.2, 0.25) is 35.4 Å². The number of hydrogen-bond donors (Lipinski definition) is 9. The molecule has 0 aromatic heterocycles. The van der Waals surface area contributed by atoms with E-state index in [0.717, 1.165) is 75.3 Å². The summed E-state index contributed by atoms with van der Waals surface area (Å²) < 4.78 is 0. The molecular formula is C48H75N7O10. The molecule has 17 heteroatoms. The van der Waals surface area contributed by atoms with Crippen LogP contribution >= 0.6 is 0 Å². The van der Waals surface area contributed by atoms with Gasteiger partial charge in [-0.2, -0.15) is 0 Å². The van der Waals surface area contributed by atoms with Gasteiger partial charge >= 0.3 is 5.97 Å². The van der Waals surface area contributed by atoms with Crippen molar-refractivity contribution < 1.29 is 48.9 Å². The molecular weight excluding hydrogens is 835 g/mol. The predicted molar refractivity (Wildman–Crippen MR) is 249 cm³/mol. The van der Waals surface area contributed by atoms with Gasteiger partial charge in [0.1, 0.15) is 30.2 Å². The van der Waals surface area contributed by atoms with E-state index in [1.54, 1.807) is 55.5 Å². The molecule has 0 saturated carbocycles. The number of nitrogens with one attached hydrogen (secondary N) is 4. The SMILES string of the molecule is CCC(C)[C@@H](NC(=O)[C@H](C(C)O)N(C)C(=O)CCCCCCCCCCCCCCC(=O)NC(Cc1ccc(N)cc1)C(=O)N[C@@H](Cc1ccccc1)C(=O)O)C(=O)NC(CO)C(N)=O. The van der Waals surface area contributed by atoms with Crippen LogP contribution in [0.5, 0.6) is 0 Å². The monoisotopic (exact) mass is 910 g/mol. The first kappa shape index (κ1) is 55.6. The number of anilines is 1. The van der Waals surface area contributed by atoms with E-state index < -0.39 is 72.5 Å². The second-order valence-electron chi connectivity index (χ2n) is 17.1. The Morgan fingerprint density at radius 2 is 1.12 bits per heavy atom. The summed E-state index contributed by atoms with van der Waals surface area (Å²) in [6.45, 7) is 4.24. The minimum atomic E-state index is -1.33. The minimum absolute atomic E-state index is 0.107. The Bertz CT molecular complexity index is 1780. The summed E-state index contributed by atoms with van der Waals surface area (Å²) in [7, 11) is 1.45. The molecule has 0 spiro atoms. The van der Waals surface area contributed by atoms with E-state index in [1.807, 2.05) is 13.0 Å². The molecule has 0 aliphatic rings. The number of benzene rings is 2. The Balaban J connectivity index is 1.67. The zero-order valence-corrected chi connectivity index (χ0v) is 38.8. The molecule has 2 aromatic carbocycles. The highest BCUT2D eigenvalue weighted by Gasteiger charge is 2.36. The van der Waals surface area contributed by atoms with Crippen LogP contribution in [0.15, 0.2) is 54.6 Å². The lowest BCUT2D eigenvalue weighted by Crippen LogP contribution is -2.60. The first-order valence-electron chi connectivity index (χ1n) is 23.1.